The van der Waals surface area contributed by atoms with Crippen LogP contribution < -0.4 is 21.1 Å². The van der Waals surface area contributed by atoms with E-state index in [0.29, 0.717) is 17.7 Å². The van der Waals surface area contributed by atoms with Gasteiger partial charge in [-0.3, -0.25) is 19.7 Å². The first-order valence-corrected chi connectivity index (χ1v) is 10.2. The van der Waals surface area contributed by atoms with Gasteiger partial charge in [0.05, 0.1) is 21.8 Å². The Morgan fingerprint density at radius 1 is 1.16 bits per heavy atom. The van der Waals surface area contributed by atoms with Crippen LogP contribution in [0.1, 0.15) is 24.2 Å². The van der Waals surface area contributed by atoms with Gasteiger partial charge in [0, 0.05) is 12.6 Å². The van der Waals surface area contributed by atoms with E-state index in [-0.39, 0.29) is 28.3 Å². The number of ether oxygens (including phenoxy) is 1. The minimum Gasteiger partial charge on any atom is -0.472 e. The van der Waals surface area contributed by atoms with Crippen LogP contribution in [0.5, 0.6) is 5.75 Å². The molecule has 0 aromatic heterocycles. The molecule has 0 radical (unpaired) electrons. The number of hydrogen-bond donors (Lipinski definition) is 4. The summed E-state index contributed by atoms with van der Waals surface area (Å²) in [5, 5.41) is 16.1. The van der Waals surface area contributed by atoms with E-state index >= 15 is 0 Å². The fourth-order valence-corrected chi connectivity index (χ4v) is 3.58. The van der Waals surface area contributed by atoms with E-state index in [4.69, 9.17) is 33.7 Å². The van der Waals surface area contributed by atoms with Crippen molar-refractivity contribution in [3.63, 3.8) is 0 Å². The summed E-state index contributed by atoms with van der Waals surface area (Å²) in [4.78, 5) is 34.4. The Balaban J connectivity index is 1.51. The van der Waals surface area contributed by atoms with Crippen molar-refractivity contribution in [2.45, 2.75) is 31.6 Å². The third-order valence-corrected chi connectivity index (χ3v) is 5.43. The molecular weight excluding hydrogens is 445 g/mol. The zero-order valence-electron chi connectivity index (χ0n) is 16.5. The molecule has 1 saturated heterocycles. The van der Waals surface area contributed by atoms with Crippen LogP contribution in [0.4, 0.5) is 5.69 Å². The highest BCUT2D eigenvalue weighted by Gasteiger charge is 2.42. The molecule has 3 unspecified atom stereocenters. The van der Waals surface area contributed by atoms with Crippen molar-refractivity contribution in [1.82, 2.24) is 10.6 Å². The summed E-state index contributed by atoms with van der Waals surface area (Å²) in [6.45, 7) is 2.25. The van der Waals surface area contributed by atoms with Gasteiger partial charge in [-0.05, 0) is 48.7 Å². The van der Waals surface area contributed by atoms with Gasteiger partial charge in [-0.2, -0.15) is 0 Å². The van der Waals surface area contributed by atoms with Crippen molar-refractivity contribution in [3.05, 3.63) is 57.6 Å². The first-order valence-electron chi connectivity index (χ1n) is 9.46. The number of carbonyl (C=O) groups is 3. The minimum absolute atomic E-state index is 0.0287. The number of imide groups is 1. The summed E-state index contributed by atoms with van der Waals surface area (Å²) in [6.07, 6.45) is -1.61. The molecule has 31 heavy (non-hydrogen) atoms. The standard InChI is InChI=1S/C21H21Cl2N3O5/c1-10(25-9-16(27)12-7-14(22)17(24)15(23)8-12)6-11-2-4-13(5-3-11)31-19-18(28)20(29)26-21(19)30/h2-5,7-8,10,16,19,25,27H,6,9,24H2,1H3,(H,26,29,30). The van der Waals surface area contributed by atoms with Crippen molar-refractivity contribution in [2.75, 3.05) is 12.3 Å². The second-order valence-corrected chi connectivity index (χ2v) is 8.07. The lowest BCUT2D eigenvalue weighted by atomic mass is 10.1. The largest absolute Gasteiger partial charge is 0.472 e. The summed E-state index contributed by atoms with van der Waals surface area (Å²) in [7, 11) is 0. The van der Waals surface area contributed by atoms with E-state index in [2.05, 4.69) is 5.32 Å². The highest BCUT2D eigenvalue weighted by atomic mass is 35.5. The van der Waals surface area contributed by atoms with E-state index in [1.54, 1.807) is 36.4 Å². The first-order chi connectivity index (χ1) is 14.7. The molecule has 0 spiro atoms. The van der Waals surface area contributed by atoms with Gasteiger partial charge in [-0.15, -0.1) is 0 Å². The van der Waals surface area contributed by atoms with Gasteiger partial charge in [0.2, 0.25) is 6.10 Å². The van der Waals surface area contributed by atoms with E-state index in [9.17, 15) is 19.5 Å². The van der Waals surface area contributed by atoms with Crippen LogP contribution in [0.15, 0.2) is 36.4 Å². The maximum Gasteiger partial charge on any atom is 0.298 e. The number of amides is 2. The number of nitrogen functional groups attached to an aromatic ring is 1. The highest BCUT2D eigenvalue weighted by molar-refractivity contribution is 6.49. The average Bonchev–Trinajstić information content (AvgIpc) is 2.97. The van der Waals surface area contributed by atoms with Crippen LogP contribution in [-0.2, 0) is 20.8 Å². The lowest BCUT2D eigenvalue weighted by molar-refractivity contribution is -0.138. The summed E-state index contributed by atoms with van der Waals surface area (Å²) >= 11 is 12.0. The van der Waals surface area contributed by atoms with Gasteiger partial charge in [0.25, 0.3) is 17.6 Å². The lowest BCUT2D eigenvalue weighted by Gasteiger charge is -2.18. The molecule has 0 aliphatic carbocycles. The van der Waals surface area contributed by atoms with Crippen LogP contribution in [-0.4, -0.2) is 41.4 Å². The van der Waals surface area contributed by atoms with Crippen molar-refractivity contribution < 1.29 is 24.2 Å². The number of benzene rings is 2. The summed E-state index contributed by atoms with van der Waals surface area (Å²) in [5.74, 6) is -2.33. The number of Topliss-reactive ketones (excluding diaryl/α,β-unsaturated/α-hetero) is 1. The maximum absolute atomic E-state index is 11.6. The number of anilines is 1. The number of rotatable bonds is 8. The molecule has 3 atom stereocenters. The van der Waals surface area contributed by atoms with Gasteiger partial charge < -0.3 is 20.9 Å². The molecule has 1 aliphatic heterocycles. The number of halogens is 2. The molecule has 164 valence electrons. The average molecular weight is 466 g/mol. The van der Waals surface area contributed by atoms with Gasteiger partial charge >= 0.3 is 0 Å². The van der Waals surface area contributed by atoms with E-state index in [1.807, 2.05) is 12.2 Å². The molecule has 2 amide bonds. The molecule has 2 aromatic carbocycles. The summed E-state index contributed by atoms with van der Waals surface area (Å²) < 4.78 is 5.32. The molecule has 0 bridgehead atoms. The minimum atomic E-state index is -1.45. The third-order valence-electron chi connectivity index (χ3n) is 4.80. The van der Waals surface area contributed by atoms with Crippen molar-refractivity contribution in [2.24, 2.45) is 0 Å². The van der Waals surface area contributed by atoms with Crippen LogP contribution in [0, 0.1) is 0 Å². The number of nitrogens with two attached hydrogens (primary N) is 1. The Hall–Kier alpha value is -2.65. The SMILES string of the molecule is CC(Cc1ccc(OC2C(=O)NC(=O)C2=O)cc1)NCC(O)c1cc(Cl)c(N)c(Cl)c1. The molecule has 1 aliphatic rings. The normalized spacial score (nSPS) is 18.1. The Kier molecular flexibility index (Phi) is 7.17. The van der Waals surface area contributed by atoms with Gasteiger partial charge in [0.1, 0.15) is 5.75 Å². The third kappa shape index (κ3) is 5.54. The molecule has 10 heteroatoms. The predicted molar refractivity (Wildman–Crippen MR) is 116 cm³/mol. The number of ketones is 1. The molecule has 1 heterocycles. The Morgan fingerprint density at radius 2 is 1.77 bits per heavy atom. The van der Waals surface area contributed by atoms with Crippen LogP contribution in [0.3, 0.4) is 0 Å². The number of aliphatic hydroxyl groups excluding tert-OH is 1. The van der Waals surface area contributed by atoms with Gasteiger partial charge in [-0.25, -0.2) is 0 Å². The van der Waals surface area contributed by atoms with Gasteiger partial charge in [-0.1, -0.05) is 35.3 Å². The molecule has 3 rings (SSSR count). The molecule has 8 nitrogen and oxygen atoms in total. The Bertz CT molecular complexity index is 990. The molecular formula is C21H21Cl2N3O5. The van der Waals surface area contributed by atoms with Gasteiger partial charge in [0.15, 0.2) is 0 Å². The Morgan fingerprint density at radius 3 is 2.32 bits per heavy atom. The molecule has 1 fully saturated rings. The van der Waals surface area contributed by atoms with Crippen LogP contribution in [0.2, 0.25) is 10.0 Å². The topological polar surface area (TPSA) is 131 Å². The summed E-state index contributed by atoms with van der Waals surface area (Å²) in [5.41, 5.74) is 7.52. The second-order valence-electron chi connectivity index (χ2n) is 7.25. The van der Waals surface area contributed by atoms with Crippen LogP contribution >= 0.6 is 23.2 Å². The zero-order valence-corrected chi connectivity index (χ0v) is 18.0. The van der Waals surface area contributed by atoms with Crippen molar-refractivity contribution in [3.8, 4) is 5.75 Å². The molecule has 2 aromatic rings. The lowest BCUT2D eigenvalue weighted by Crippen LogP contribution is -2.32. The van der Waals surface area contributed by atoms with Crippen molar-refractivity contribution in [1.29, 1.82) is 0 Å². The van der Waals surface area contributed by atoms with Crippen LogP contribution in [0.25, 0.3) is 0 Å². The Labute approximate surface area is 188 Å². The number of nitrogens with one attached hydrogen (secondary N) is 2. The second kappa shape index (κ2) is 9.65. The first kappa shape index (κ1) is 23.0. The predicted octanol–water partition coefficient (Wildman–Crippen LogP) is 1.80. The van der Waals surface area contributed by atoms with E-state index < -0.39 is 29.8 Å². The van der Waals surface area contributed by atoms with E-state index in [0.717, 1.165) is 5.56 Å². The maximum atomic E-state index is 11.6. The van der Waals surface area contributed by atoms with E-state index in [1.165, 1.54) is 0 Å². The fourth-order valence-electron chi connectivity index (χ4n) is 3.08. The zero-order chi connectivity index (χ0) is 22.7. The molecule has 5 N–H and O–H groups in total. The number of aliphatic hydroxyl groups is 1. The monoisotopic (exact) mass is 465 g/mol. The number of carbonyl (C=O) groups excluding carboxylic acids is 3. The fraction of sp³-hybridized carbons (Fsp3) is 0.286. The summed E-state index contributed by atoms with van der Waals surface area (Å²) in [6, 6.07) is 10.0. The smallest absolute Gasteiger partial charge is 0.298 e. The quantitative estimate of drug-likeness (QED) is 0.202. The number of hydrogen-bond acceptors (Lipinski definition) is 7. The molecule has 0 saturated carbocycles. The highest BCUT2D eigenvalue weighted by Crippen LogP contribution is 2.31. The van der Waals surface area contributed by atoms with Crippen molar-refractivity contribution >= 4 is 46.5 Å².